The second kappa shape index (κ2) is 8.35. The molecule has 1 atom stereocenters. The van der Waals surface area contributed by atoms with Crippen molar-refractivity contribution in [3.8, 4) is 0 Å². The Morgan fingerprint density at radius 1 is 1.19 bits per heavy atom. The number of fused-ring (bicyclic) bond motifs is 1. The molecule has 3 rings (SSSR count). The van der Waals surface area contributed by atoms with Crippen molar-refractivity contribution in [1.29, 1.82) is 0 Å². The van der Waals surface area contributed by atoms with Gasteiger partial charge in [0.2, 0.25) is 5.91 Å². The van der Waals surface area contributed by atoms with Gasteiger partial charge in [-0.1, -0.05) is 13.3 Å². The van der Waals surface area contributed by atoms with Gasteiger partial charge < -0.3 is 15.3 Å². The summed E-state index contributed by atoms with van der Waals surface area (Å²) in [5, 5.41) is 13.8. The summed E-state index contributed by atoms with van der Waals surface area (Å²) < 4.78 is 0. The van der Waals surface area contributed by atoms with E-state index in [-0.39, 0.29) is 17.4 Å². The third-order valence-electron chi connectivity index (χ3n) is 4.69. The van der Waals surface area contributed by atoms with Gasteiger partial charge >= 0.3 is 5.97 Å². The van der Waals surface area contributed by atoms with Crippen LogP contribution in [-0.4, -0.2) is 40.4 Å². The lowest BCUT2D eigenvalue weighted by molar-refractivity contribution is -0.134. The number of carbonyl (C=O) groups excluding carboxylic acids is 2. The molecule has 2 N–H and O–H groups in total. The van der Waals surface area contributed by atoms with Crippen LogP contribution in [0.5, 0.6) is 0 Å². The third-order valence-corrected chi connectivity index (χ3v) is 5.72. The predicted molar refractivity (Wildman–Crippen MR) is 103 cm³/mol. The summed E-state index contributed by atoms with van der Waals surface area (Å²) in [7, 11) is 0. The lowest BCUT2D eigenvalue weighted by atomic mass is 10.1. The molecular formula is C20H22N2O4S. The SMILES string of the molecule is CCC[C@@H](NC(=O)c1ccc(C(=O)O)cc1)C(=O)N1CCc2sccc2C1. The van der Waals surface area contributed by atoms with Gasteiger partial charge in [-0.15, -0.1) is 11.3 Å². The Balaban J connectivity index is 1.68. The Morgan fingerprint density at radius 3 is 2.56 bits per heavy atom. The van der Waals surface area contributed by atoms with Gasteiger partial charge in [0.1, 0.15) is 6.04 Å². The number of carboxylic acids is 1. The molecule has 2 aromatic rings. The molecule has 2 heterocycles. The zero-order valence-corrected chi connectivity index (χ0v) is 15.9. The quantitative estimate of drug-likeness (QED) is 0.799. The summed E-state index contributed by atoms with van der Waals surface area (Å²) in [5.74, 6) is -1.48. The maximum atomic E-state index is 13.0. The van der Waals surface area contributed by atoms with Crippen molar-refractivity contribution in [2.75, 3.05) is 6.54 Å². The smallest absolute Gasteiger partial charge is 0.335 e. The predicted octanol–water partition coefficient (Wildman–Crippen LogP) is 2.93. The first-order valence-electron chi connectivity index (χ1n) is 8.98. The van der Waals surface area contributed by atoms with Crippen LogP contribution in [0, 0.1) is 0 Å². The highest BCUT2D eigenvalue weighted by Gasteiger charge is 2.28. The van der Waals surface area contributed by atoms with Gasteiger partial charge in [0.05, 0.1) is 5.56 Å². The fourth-order valence-corrected chi connectivity index (χ4v) is 4.10. The van der Waals surface area contributed by atoms with Gasteiger partial charge in [0, 0.05) is 23.5 Å². The van der Waals surface area contributed by atoms with E-state index >= 15 is 0 Å². The van der Waals surface area contributed by atoms with Crippen LogP contribution in [0.2, 0.25) is 0 Å². The number of nitrogens with one attached hydrogen (secondary N) is 1. The minimum absolute atomic E-state index is 0.0655. The molecule has 27 heavy (non-hydrogen) atoms. The van der Waals surface area contributed by atoms with E-state index in [1.54, 1.807) is 11.3 Å². The summed E-state index contributed by atoms with van der Waals surface area (Å²) in [6.45, 7) is 3.22. The molecule has 0 spiro atoms. The molecular weight excluding hydrogens is 364 g/mol. The van der Waals surface area contributed by atoms with Gasteiger partial charge in [-0.25, -0.2) is 4.79 Å². The first-order chi connectivity index (χ1) is 13.0. The second-order valence-corrected chi connectivity index (χ2v) is 7.58. The number of benzene rings is 1. The summed E-state index contributed by atoms with van der Waals surface area (Å²) in [4.78, 5) is 39.6. The molecule has 0 fully saturated rings. The van der Waals surface area contributed by atoms with Crippen molar-refractivity contribution in [1.82, 2.24) is 10.2 Å². The number of thiophene rings is 1. The van der Waals surface area contributed by atoms with E-state index in [4.69, 9.17) is 5.11 Å². The maximum Gasteiger partial charge on any atom is 0.335 e. The van der Waals surface area contributed by atoms with E-state index < -0.39 is 12.0 Å². The Morgan fingerprint density at radius 2 is 1.89 bits per heavy atom. The van der Waals surface area contributed by atoms with Gasteiger partial charge in [0.15, 0.2) is 0 Å². The zero-order chi connectivity index (χ0) is 19.4. The molecule has 1 aromatic carbocycles. The molecule has 0 saturated heterocycles. The Labute approximate surface area is 161 Å². The summed E-state index contributed by atoms with van der Waals surface area (Å²) in [6.07, 6.45) is 2.18. The summed E-state index contributed by atoms with van der Waals surface area (Å²) in [5.41, 5.74) is 1.64. The number of nitrogens with zero attached hydrogens (tertiary/aromatic N) is 1. The van der Waals surface area contributed by atoms with Gasteiger partial charge in [-0.2, -0.15) is 0 Å². The van der Waals surface area contributed by atoms with E-state index in [0.29, 0.717) is 25.1 Å². The Bertz CT molecular complexity index is 844. The lowest BCUT2D eigenvalue weighted by Gasteiger charge is -2.31. The molecule has 0 radical (unpaired) electrons. The van der Waals surface area contributed by atoms with E-state index in [1.165, 1.54) is 34.7 Å². The van der Waals surface area contributed by atoms with Crippen LogP contribution < -0.4 is 5.32 Å². The lowest BCUT2D eigenvalue weighted by Crippen LogP contribution is -2.49. The number of aromatic carboxylic acids is 1. The number of carboxylic acid groups (broad SMARTS) is 1. The van der Waals surface area contributed by atoms with E-state index in [9.17, 15) is 14.4 Å². The molecule has 1 aliphatic rings. The van der Waals surface area contributed by atoms with E-state index in [2.05, 4.69) is 11.4 Å². The first-order valence-corrected chi connectivity index (χ1v) is 9.85. The third kappa shape index (κ3) is 4.36. The minimum atomic E-state index is -1.04. The van der Waals surface area contributed by atoms with E-state index in [0.717, 1.165) is 12.8 Å². The van der Waals surface area contributed by atoms with Crippen molar-refractivity contribution in [3.63, 3.8) is 0 Å². The number of amides is 2. The average molecular weight is 386 g/mol. The molecule has 7 heteroatoms. The fourth-order valence-electron chi connectivity index (χ4n) is 3.21. The van der Waals surface area contributed by atoms with Crippen LogP contribution in [0.1, 0.15) is 50.9 Å². The number of carbonyl (C=O) groups is 3. The van der Waals surface area contributed by atoms with Crippen LogP contribution >= 0.6 is 11.3 Å². The van der Waals surface area contributed by atoms with Crippen molar-refractivity contribution < 1.29 is 19.5 Å². The Kier molecular flexibility index (Phi) is 5.91. The van der Waals surface area contributed by atoms with Crippen LogP contribution in [0.4, 0.5) is 0 Å². The zero-order valence-electron chi connectivity index (χ0n) is 15.1. The molecule has 0 bridgehead atoms. The molecule has 2 amide bonds. The molecule has 0 saturated carbocycles. The van der Waals surface area contributed by atoms with Gasteiger partial charge in [-0.3, -0.25) is 9.59 Å². The summed E-state index contributed by atoms with van der Waals surface area (Å²) in [6, 6.07) is 7.17. The first kappa shape index (κ1) is 19.1. The molecule has 6 nitrogen and oxygen atoms in total. The standard InChI is InChI=1S/C20H22N2O4S/c1-2-3-16(19(24)22-10-8-17-15(12-22)9-11-27-17)21-18(23)13-4-6-14(7-5-13)20(25)26/h4-7,9,11,16H,2-3,8,10,12H2,1H3,(H,21,23)(H,25,26)/t16-/m1/s1. The molecule has 1 aliphatic heterocycles. The van der Waals surface area contributed by atoms with Crippen LogP contribution in [0.15, 0.2) is 35.7 Å². The van der Waals surface area contributed by atoms with Gasteiger partial charge in [-0.05, 0) is 54.1 Å². The average Bonchev–Trinajstić information content (AvgIpc) is 3.14. The topological polar surface area (TPSA) is 86.7 Å². The van der Waals surface area contributed by atoms with Crippen molar-refractivity contribution in [2.45, 2.75) is 38.8 Å². The normalized spacial score (nSPS) is 14.3. The largest absolute Gasteiger partial charge is 0.478 e. The van der Waals surface area contributed by atoms with Crippen LogP contribution in [-0.2, 0) is 17.8 Å². The highest BCUT2D eigenvalue weighted by atomic mass is 32.1. The van der Waals surface area contributed by atoms with Gasteiger partial charge in [0.25, 0.3) is 5.91 Å². The number of rotatable bonds is 6. The second-order valence-electron chi connectivity index (χ2n) is 6.58. The monoisotopic (exact) mass is 386 g/mol. The highest BCUT2D eigenvalue weighted by molar-refractivity contribution is 7.10. The highest BCUT2D eigenvalue weighted by Crippen LogP contribution is 2.24. The minimum Gasteiger partial charge on any atom is -0.478 e. The molecule has 1 aromatic heterocycles. The van der Waals surface area contributed by atoms with Crippen LogP contribution in [0.3, 0.4) is 0 Å². The number of hydrogen-bond donors (Lipinski definition) is 2. The van der Waals surface area contributed by atoms with Crippen LogP contribution in [0.25, 0.3) is 0 Å². The Hall–Kier alpha value is -2.67. The summed E-state index contributed by atoms with van der Waals surface area (Å²) >= 11 is 1.72. The van der Waals surface area contributed by atoms with Crippen molar-refractivity contribution >= 4 is 29.1 Å². The number of hydrogen-bond acceptors (Lipinski definition) is 4. The molecule has 0 aliphatic carbocycles. The van der Waals surface area contributed by atoms with Crippen molar-refractivity contribution in [2.24, 2.45) is 0 Å². The maximum absolute atomic E-state index is 13.0. The fraction of sp³-hybridized carbons (Fsp3) is 0.350. The molecule has 0 unspecified atom stereocenters. The van der Waals surface area contributed by atoms with Crippen molar-refractivity contribution in [3.05, 3.63) is 57.3 Å². The van der Waals surface area contributed by atoms with E-state index in [1.807, 2.05) is 17.2 Å². The molecule has 142 valence electrons.